The summed E-state index contributed by atoms with van der Waals surface area (Å²) in [5, 5.41) is 4.13. The maximum Gasteiger partial charge on any atom is 0.417 e. The number of para-hydroxylation sites is 1. The highest BCUT2D eigenvalue weighted by Crippen LogP contribution is 2.32. The van der Waals surface area contributed by atoms with Crippen LogP contribution in [0.2, 0.25) is 0 Å². The number of carbonyl (C=O) groups excluding carboxylic acids is 1. The smallest absolute Gasteiger partial charge is 0.417 e. The van der Waals surface area contributed by atoms with Gasteiger partial charge >= 0.3 is 6.18 Å². The predicted molar refractivity (Wildman–Crippen MR) is 106 cm³/mol. The topological polar surface area (TPSA) is 69.5 Å². The first-order chi connectivity index (χ1) is 14.7. The first kappa shape index (κ1) is 22.1. The second kappa shape index (κ2) is 8.66. The average molecular weight is 434 g/mol. The van der Waals surface area contributed by atoms with Crippen LogP contribution in [0, 0.1) is 6.92 Å². The maximum absolute atomic E-state index is 13.0. The van der Waals surface area contributed by atoms with Crippen LogP contribution in [-0.2, 0) is 12.7 Å². The van der Waals surface area contributed by atoms with Gasteiger partial charge in [0, 0.05) is 25.4 Å². The molecular weight excluding hydrogens is 413 g/mol. The van der Waals surface area contributed by atoms with Crippen LogP contribution in [0.1, 0.15) is 27.2 Å². The van der Waals surface area contributed by atoms with Crippen LogP contribution in [0.5, 0.6) is 11.5 Å². The first-order valence-electron chi connectivity index (χ1n) is 9.21. The number of rotatable bonds is 6. The van der Waals surface area contributed by atoms with Crippen LogP contribution < -0.4 is 9.47 Å². The Morgan fingerprint density at radius 1 is 1.13 bits per heavy atom. The van der Waals surface area contributed by atoms with Crippen molar-refractivity contribution in [1.29, 1.82) is 0 Å². The van der Waals surface area contributed by atoms with E-state index in [2.05, 4.69) is 10.1 Å². The van der Waals surface area contributed by atoms with Crippen molar-refractivity contribution in [3.63, 3.8) is 0 Å². The molecule has 0 aliphatic heterocycles. The largest absolute Gasteiger partial charge is 0.493 e. The van der Waals surface area contributed by atoms with Gasteiger partial charge in [-0.3, -0.25) is 4.79 Å². The zero-order valence-corrected chi connectivity index (χ0v) is 17.4. The molecule has 164 valence electrons. The van der Waals surface area contributed by atoms with Crippen LogP contribution in [0.4, 0.5) is 13.2 Å². The van der Waals surface area contributed by atoms with E-state index in [-0.39, 0.29) is 18.3 Å². The summed E-state index contributed by atoms with van der Waals surface area (Å²) in [6.07, 6.45) is -2.37. The molecule has 0 unspecified atom stereocenters. The molecule has 0 saturated heterocycles. The fourth-order valence-electron chi connectivity index (χ4n) is 3.14. The van der Waals surface area contributed by atoms with Crippen molar-refractivity contribution in [3.05, 3.63) is 65.1 Å². The highest BCUT2D eigenvalue weighted by atomic mass is 19.4. The van der Waals surface area contributed by atoms with E-state index in [1.54, 1.807) is 26.1 Å². The molecule has 1 amide bonds. The highest BCUT2D eigenvalue weighted by molar-refractivity contribution is 5.95. The third-order valence-electron chi connectivity index (χ3n) is 4.77. The van der Waals surface area contributed by atoms with Gasteiger partial charge in [0.25, 0.3) is 5.91 Å². The van der Waals surface area contributed by atoms with Gasteiger partial charge in [0.05, 0.1) is 37.2 Å². The Hall–Kier alpha value is -3.56. The van der Waals surface area contributed by atoms with E-state index in [9.17, 15) is 18.0 Å². The van der Waals surface area contributed by atoms with Crippen molar-refractivity contribution in [2.75, 3.05) is 21.3 Å². The molecule has 0 saturated carbocycles. The van der Waals surface area contributed by atoms with Crippen molar-refractivity contribution >= 4 is 5.91 Å². The van der Waals surface area contributed by atoms with E-state index in [1.807, 2.05) is 6.07 Å². The van der Waals surface area contributed by atoms with Crippen LogP contribution >= 0.6 is 0 Å². The predicted octanol–water partition coefficient (Wildman–Crippen LogP) is 3.88. The lowest BCUT2D eigenvalue weighted by Crippen LogP contribution is -2.27. The number of nitrogens with zero attached hydrogens (tertiary/aromatic N) is 4. The van der Waals surface area contributed by atoms with Crippen LogP contribution in [0.25, 0.3) is 5.82 Å². The molecule has 0 bridgehead atoms. The number of amides is 1. The van der Waals surface area contributed by atoms with Gasteiger partial charge in [-0.1, -0.05) is 12.1 Å². The lowest BCUT2D eigenvalue weighted by molar-refractivity contribution is -0.137. The summed E-state index contributed by atoms with van der Waals surface area (Å²) >= 11 is 0. The molecule has 10 heteroatoms. The first-order valence-corrected chi connectivity index (χ1v) is 9.21. The molecule has 0 N–H and O–H groups in total. The molecule has 2 heterocycles. The van der Waals surface area contributed by atoms with Crippen LogP contribution in [0.15, 0.2) is 42.7 Å². The third-order valence-corrected chi connectivity index (χ3v) is 4.77. The minimum absolute atomic E-state index is 0.182. The van der Waals surface area contributed by atoms with E-state index >= 15 is 0 Å². The Bertz CT molecular complexity index is 1080. The normalized spacial score (nSPS) is 11.3. The van der Waals surface area contributed by atoms with E-state index in [1.165, 1.54) is 36.1 Å². The molecule has 2 aromatic heterocycles. The molecule has 0 atom stereocenters. The number of benzene rings is 1. The van der Waals surface area contributed by atoms with E-state index in [0.29, 0.717) is 22.8 Å². The molecule has 1 aromatic carbocycles. The summed E-state index contributed by atoms with van der Waals surface area (Å²) in [5.41, 5.74) is 0.671. The van der Waals surface area contributed by atoms with Crippen LogP contribution in [0.3, 0.4) is 0 Å². The fourth-order valence-corrected chi connectivity index (χ4v) is 3.14. The Kier molecular flexibility index (Phi) is 6.19. The zero-order chi connectivity index (χ0) is 22.8. The number of hydrogen-bond acceptors (Lipinski definition) is 5. The van der Waals surface area contributed by atoms with E-state index in [4.69, 9.17) is 9.47 Å². The second-order valence-electron chi connectivity index (χ2n) is 6.77. The minimum atomic E-state index is -4.48. The van der Waals surface area contributed by atoms with Crippen molar-refractivity contribution in [1.82, 2.24) is 19.7 Å². The summed E-state index contributed by atoms with van der Waals surface area (Å²) in [6, 6.07) is 7.52. The SMILES string of the molecule is COc1cccc(CN(C)C(=O)c2cnn(-c3ccc(C(F)(F)F)cn3)c2C)c1OC. The zero-order valence-electron chi connectivity index (χ0n) is 17.4. The number of carbonyl (C=O) groups is 1. The Morgan fingerprint density at radius 3 is 2.45 bits per heavy atom. The van der Waals surface area contributed by atoms with Gasteiger partial charge in [0.15, 0.2) is 17.3 Å². The van der Waals surface area contributed by atoms with Gasteiger partial charge in [-0.2, -0.15) is 18.3 Å². The Morgan fingerprint density at radius 2 is 1.87 bits per heavy atom. The van der Waals surface area contributed by atoms with Crippen molar-refractivity contribution in [3.8, 4) is 17.3 Å². The number of aromatic nitrogens is 3. The quantitative estimate of drug-likeness (QED) is 0.589. The number of methoxy groups -OCH3 is 2. The van der Waals surface area contributed by atoms with Gasteiger partial charge in [-0.15, -0.1) is 0 Å². The molecule has 0 spiro atoms. The number of hydrogen-bond donors (Lipinski definition) is 0. The molecule has 0 aliphatic rings. The Labute approximate surface area is 177 Å². The molecular formula is C21H21F3N4O3. The number of pyridine rings is 1. The van der Waals surface area contributed by atoms with Gasteiger partial charge in [-0.05, 0) is 25.1 Å². The summed E-state index contributed by atoms with van der Waals surface area (Å²) < 4.78 is 50.3. The molecule has 3 rings (SSSR count). The fraction of sp³-hybridized carbons (Fsp3) is 0.286. The minimum Gasteiger partial charge on any atom is -0.493 e. The molecule has 31 heavy (non-hydrogen) atoms. The summed E-state index contributed by atoms with van der Waals surface area (Å²) in [6.45, 7) is 1.90. The Balaban J connectivity index is 1.83. The van der Waals surface area contributed by atoms with E-state index < -0.39 is 11.7 Å². The molecule has 0 fully saturated rings. The molecule has 0 aliphatic carbocycles. The standard InChI is InChI=1S/C21H21F3N4O3/c1-13-16(11-26-28(13)18-9-8-15(10-25-18)21(22,23)24)20(29)27(2)12-14-6-5-7-17(30-3)19(14)31-4/h5-11H,12H2,1-4H3. The number of alkyl halides is 3. The average Bonchev–Trinajstić information content (AvgIpc) is 3.13. The third kappa shape index (κ3) is 4.47. The van der Waals surface area contributed by atoms with Crippen molar-refractivity contribution in [2.24, 2.45) is 0 Å². The van der Waals surface area contributed by atoms with Gasteiger partial charge < -0.3 is 14.4 Å². The number of halogens is 3. The molecule has 0 radical (unpaired) electrons. The lowest BCUT2D eigenvalue weighted by atomic mass is 10.1. The van der Waals surface area contributed by atoms with Crippen molar-refractivity contribution in [2.45, 2.75) is 19.6 Å². The van der Waals surface area contributed by atoms with Gasteiger partial charge in [-0.25, -0.2) is 9.67 Å². The van der Waals surface area contributed by atoms with Gasteiger partial charge in [0.1, 0.15) is 0 Å². The maximum atomic E-state index is 13.0. The number of ether oxygens (including phenoxy) is 2. The van der Waals surface area contributed by atoms with Crippen molar-refractivity contribution < 1.29 is 27.4 Å². The summed E-state index contributed by atoms with van der Waals surface area (Å²) in [7, 11) is 4.69. The summed E-state index contributed by atoms with van der Waals surface area (Å²) in [4.78, 5) is 18.3. The second-order valence-corrected chi connectivity index (χ2v) is 6.77. The van der Waals surface area contributed by atoms with Crippen LogP contribution in [-0.4, -0.2) is 46.8 Å². The molecule has 3 aromatic rings. The van der Waals surface area contributed by atoms with Gasteiger partial charge in [0.2, 0.25) is 0 Å². The monoisotopic (exact) mass is 434 g/mol. The highest BCUT2D eigenvalue weighted by Gasteiger charge is 2.31. The molecule has 7 nitrogen and oxygen atoms in total. The summed E-state index contributed by atoms with van der Waals surface area (Å²) in [5.74, 6) is 0.964. The van der Waals surface area contributed by atoms with E-state index in [0.717, 1.165) is 17.8 Å². The lowest BCUT2D eigenvalue weighted by Gasteiger charge is -2.20.